The van der Waals surface area contributed by atoms with Gasteiger partial charge in [0.2, 0.25) is 0 Å². The van der Waals surface area contributed by atoms with Crippen molar-refractivity contribution in [3.8, 4) is 5.75 Å². The highest BCUT2D eigenvalue weighted by Crippen LogP contribution is 2.32. The molecule has 0 N–H and O–H groups in total. The van der Waals surface area contributed by atoms with Crippen molar-refractivity contribution >= 4 is 33.3 Å². The maximum Gasteiger partial charge on any atom is 0.573 e. The van der Waals surface area contributed by atoms with E-state index in [1.54, 1.807) is 25.1 Å². The second-order valence-electron chi connectivity index (χ2n) is 6.47. The number of hydrogen-bond acceptors (Lipinski definition) is 7. The van der Waals surface area contributed by atoms with Gasteiger partial charge in [0.1, 0.15) is 25.3 Å². The molecule has 0 aliphatic rings. The van der Waals surface area contributed by atoms with E-state index in [2.05, 4.69) is 31.0 Å². The first kappa shape index (κ1) is 26.1. The lowest BCUT2D eigenvalue weighted by Crippen LogP contribution is -2.20. The zero-order chi connectivity index (χ0) is 24.8. The van der Waals surface area contributed by atoms with Crippen LogP contribution >= 0.6 is 15.9 Å². The monoisotopic (exact) mass is 534 g/mol. The van der Waals surface area contributed by atoms with Crippen LogP contribution in [0.25, 0.3) is 0 Å². The zero-order valence-electron chi connectivity index (χ0n) is 17.9. The predicted octanol–water partition coefficient (Wildman–Crippen LogP) is 5.26. The summed E-state index contributed by atoms with van der Waals surface area (Å²) in [6, 6.07) is 6.94. The summed E-state index contributed by atoms with van der Waals surface area (Å²) in [6.07, 6.45) is -5.04. The molecule has 7 nitrogen and oxygen atoms in total. The van der Waals surface area contributed by atoms with Gasteiger partial charge in [-0.15, -0.1) is 13.2 Å². The quantitative estimate of drug-likeness (QED) is 0.200. The third-order valence-corrected chi connectivity index (χ3v) is 4.70. The van der Waals surface area contributed by atoms with Crippen LogP contribution in [-0.4, -0.2) is 38.0 Å². The van der Waals surface area contributed by atoms with Gasteiger partial charge in [0.25, 0.3) is 0 Å². The van der Waals surface area contributed by atoms with Crippen LogP contribution in [0.15, 0.2) is 45.1 Å². The Morgan fingerprint density at radius 1 is 1.15 bits per heavy atom. The predicted molar refractivity (Wildman–Crippen MR) is 115 cm³/mol. The van der Waals surface area contributed by atoms with E-state index in [0.29, 0.717) is 16.7 Å². The van der Waals surface area contributed by atoms with Crippen molar-refractivity contribution in [3.63, 3.8) is 0 Å². The normalized spacial score (nSPS) is 12.4. The smallest absolute Gasteiger partial charge is 0.464 e. The number of oxime groups is 2. The van der Waals surface area contributed by atoms with Crippen LogP contribution in [0.3, 0.4) is 0 Å². The number of methoxy groups -OCH3 is 1. The summed E-state index contributed by atoms with van der Waals surface area (Å²) >= 11 is 2.93. The molecule has 0 heterocycles. The van der Waals surface area contributed by atoms with E-state index in [4.69, 9.17) is 14.4 Å². The molecule has 0 aliphatic carbocycles. The number of nitrogens with zero attached hydrogens (tertiary/aromatic N) is 2. The number of halogens is 5. The van der Waals surface area contributed by atoms with Crippen LogP contribution in [0.4, 0.5) is 17.6 Å². The van der Waals surface area contributed by atoms with Gasteiger partial charge < -0.3 is 19.1 Å². The van der Waals surface area contributed by atoms with E-state index in [1.807, 2.05) is 0 Å². The van der Waals surface area contributed by atoms with Gasteiger partial charge in [0, 0.05) is 15.6 Å². The molecule has 0 bridgehead atoms. The lowest BCUT2D eigenvalue weighted by Gasteiger charge is -2.15. The molecule has 0 aromatic heterocycles. The van der Waals surface area contributed by atoms with Crippen molar-refractivity contribution in [2.24, 2.45) is 10.3 Å². The minimum absolute atomic E-state index is 0.0500. The zero-order valence-corrected chi connectivity index (χ0v) is 19.5. The van der Waals surface area contributed by atoms with Gasteiger partial charge in [-0.3, -0.25) is 0 Å². The lowest BCUT2D eigenvalue weighted by atomic mass is 9.99. The highest BCUT2D eigenvalue weighted by atomic mass is 79.9. The first-order valence-electron chi connectivity index (χ1n) is 9.18. The van der Waals surface area contributed by atoms with Gasteiger partial charge in [-0.1, -0.05) is 44.4 Å². The highest BCUT2D eigenvalue weighted by Gasteiger charge is 2.33. The first-order chi connectivity index (χ1) is 15.5. The van der Waals surface area contributed by atoms with Crippen molar-refractivity contribution in [2.75, 3.05) is 14.2 Å². The fourth-order valence-electron chi connectivity index (χ4n) is 2.85. The average molecular weight is 535 g/mol. The molecule has 0 fully saturated rings. The Hall–Kier alpha value is -3.15. The minimum Gasteiger partial charge on any atom is -0.464 e. The van der Waals surface area contributed by atoms with E-state index < -0.39 is 29.5 Å². The molecule has 0 amide bonds. The molecule has 178 valence electrons. The summed E-state index contributed by atoms with van der Waals surface area (Å²) in [6.45, 7) is 2.79. The molecular weight excluding hydrogens is 516 g/mol. The number of benzene rings is 2. The molecule has 33 heavy (non-hydrogen) atoms. The Labute approximate surface area is 195 Å². The minimum atomic E-state index is -5.04. The fourth-order valence-corrected chi connectivity index (χ4v) is 3.25. The van der Waals surface area contributed by atoms with Crippen LogP contribution in [-0.2, 0) is 25.8 Å². The maximum atomic E-state index is 14.4. The summed E-state index contributed by atoms with van der Waals surface area (Å²) in [5.74, 6) is -2.53. The molecule has 2 rings (SSSR count). The number of hydrogen-bond donors (Lipinski definition) is 0. The molecule has 12 heteroatoms. The van der Waals surface area contributed by atoms with Gasteiger partial charge in [-0.2, -0.15) is 0 Å². The Morgan fingerprint density at radius 3 is 2.45 bits per heavy atom. The summed E-state index contributed by atoms with van der Waals surface area (Å²) < 4.78 is 61.4. The molecule has 2 aromatic rings. The number of rotatable bonds is 8. The number of aryl methyl sites for hydroxylation is 1. The molecule has 0 atom stereocenters. The van der Waals surface area contributed by atoms with Crippen molar-refractivity contribution in [2.45, 2.75) is 26.8 Å². The molecule has 0 saturated heterocycles. The van der Waals surface area contributed by atoms with Crippen LogP contribution in [0.1, 0.15) is 29.2 Å². The summed E-state index contributed by atoms with van der Waals surface area (Å²) in [4.78, 5) is 22.1. The number of esters is 1. The van der Waals surface area contributed by atoms with E-state index in [0.717, 1.165) is 12.1 Å². The van der Waals surface area contributed by atoms with Gasteiger partial charge in [-0.25, -0.2) is 9.18 Å². The molecule has 2 aromatic carbocycles. The van der Waals surface area contributed by atoms with Crippen LogP contribution in [0, 0.1) is 12.7 Å². The molecule has 0 spiro atoms. The molecular formula is C21H19BrF4N2O5. The van der Waals surface area contributed by atoms with E-state index in [-0.39, 0.29) is 22.5 Å². The Kier molecular flexibility index (Phi) is 8.80. The Bertz CT molecular complexity index is 1090. The standard InChI is InChI=1S/C21H19BrF4N2O5/c1-11-6-5-7-14(19(28-31-4)20(29)30-3)15(11)10-32-27-12(2)18-16(23)8-13(22)9-17(18)33-21(24,25)26/h5-9H,10H2,1-4H3/b27-12+,28-19+. The number of ether oxygens (including phenoxy) is 2. The third-order valence-electron chi connectivity index (χ3n) is 4.24. The average Bonchev–Trinajstić information content (AvgIpc) is 2.71. The first-order valence-corrected chi connectivity index (χ1v) is 9.97. The number of carbonyl (C=O) groups excluding carboxylic acids is 1. The number of carbonyl (C=O) groups is 1. The van der Waals surface area contributed by atoms with Gasteiger partial charge in [-0.05, 0) is 31.5 Å². The van der Waals surface area contributed by atoms with Crippen molar-refractivity contribution < 1.29 is 41.5 Å². The molecule has 0 aliphatic heterocycles. The second kappa shape index (κ2) is 11.1. The largest absolute Gasteiger partial charge is 0.573 e. The van der Waals surface area contributed by atoms with Crippen LogP contribution in [0.2, 0.25) is 0 Å². The topological polar surface area (TPSA) is 78.7 Å². The van der Waals surface area contributed by atoms with Crippen molar-refractivity contribution in [1.82, 2.24) is 0 Å². The fraction of sp³-hybridized carbons (Fsp3) is 0.286. The van der Waals surface area contributed by atoms with Crippen LogP contribution < -0.4 is 4.74 Å². The summed E-state index contributed by atoms with van der Waals surface area (Å²) in [7, 11) is 2.44. The van der Waals surface area contributed by atoms with E-state index >= 15 is 0 Å². The maximum absolute atomic E-state index is 14.4. The summed E-state index contributed by atoms with van der Waals surface area (Å²) in [5.41, 5.74) is 0.683. The molecule has 0 unspecified atom stereocenters. The van der Waals surface area contributed by atoms with Gasteiger partial charge in [0.15, 0.2) is 5.71 Å². The van der Waals surface area contributed by atoms with E-state index in [9.17, 15) is 22.4 Å². The Morgan fingerprint density at radius 2 is 1.85 bits per heavy atom. The highest BCUT2D eigenvalue weighted by molar-refractivity contribution is 9.10. The second-order valence-corrected chi connectivity index (χ2v) is 7.39. The molecule has 0 saturated carbocycles. The van der Waals surface area contributed by atoms with Gasteiger partial charge in [0.05, 0.1) is 18.4 Å². The lowest BCUT2D eigenvalue weighted by molar-refractivity contribution is -0.274. The van der Waals surface area contributed by atoms with Crippen molar-refractivity contribution in [3.05, 3.63) is 62.9 Å². The SMILES string of the molecule is CO/N=C(/C(=O)OC)c1cccc(C)c1CO/N=C(\C)c1c(F)cc(Br)cc1OC(F)(F)F. The summed E-state index contributed by atoms with van der Waals surface area (Å²) in [5, 5.41) is 7.45. The van der Waals surface area contributed by atoms with Crippen molar-refractivity contribution in [1.29, 1.82) is 0 Å². The van der Waals surface area contributed by atoms with Crippen LogP contribution in [0.5, 0.6) is 5.75 Å². The van der Waals surface area contributed by atoms with E-state index in [1.165, 1.54) is 21.1 Å². The third kappa shape index (κ3) is 6.91. The van der Waals surface area contributed by atoms with Gasteiger partial charge >= 0.3 is 12.3 Å². The molecule has 0 radical (unpaired) electrons. The Balaban J connectivity index is 2.39. The number of alkyl halides is 3.